The Bertz CT molecular complexity index is 1350. The zero-order chi connectivity index (χ0) is 25.7. The van der Waals surface area contributed by atoms with Crippen molar-refractivity contribution in [1.29, 1.82) is 0 Å². The predicted molar refractivity (Wildman–Crippen MR) is 132 cm³/mol. The van der Waals surface area contributed by atoms with Crippen LogP contribution in [0.4, 0.5) is 13.2 Å². The van der Waals surface area contributed by atoms with Gasteiger partial charge in [0, 0.05) is 19.2 Å². The van der Waals surface area contributed by atoms with Crippen LogP contribution in [0.1, 0.15) is 54.7 Å². The number of rotatable bonds is 10. The van der Waals surface area contributed by atoms with E-state index in [4.69, 9.17) is 4.74 Å². The van der Waals surface area contributed by atoms with Crippen molar-refractivity contribution in [3.8, 4) is 11.4 Å². The number of nitrogens with zero attached hydrogens (tertiary/aromatic N) is 5. The quantitative estimate of drug-likeness (QED) is 0.196. The summed E-state index contributed by atoms with van der Waals surface area (Å²) in [5.74, 6) is -2.20. The number of aromatic nitrogens is 5. The summed E-state index contributed by atoms with van der Waals surface area (Å²) in [4.78, 5) is 8.84. The highest BCUT2D eigenvalue weighted by molar-refractivity contribution is 5.69. The van der Waals surface area contributed by atoms with Crippen LogP contribution in [0.2, 0.25) is 0 Å². The Labute approximate surface area is 208 Å². The maximum Gasteiger partial charge on any atom is 0.194 e. The second kappa shape index (κ2) is 11.2. The van der Waals surface area contributed by atoms with Crippen LogP contribution in [0, 0.1) is 24.4 Å². The molecule has 2 heterocycles. The highest BCUT2D eigenvalue weighted by Crippen LogP contribution is 2.25. The first kappa shape index (κ1) is 25.2. The molecular formula is C27H28F3N5O. The SMILES string of the molecule is CCCCCn1nc(/C=C/c2ccc(-n3cnc(C)c3)c(OC)c2)nc1Cc1cc(F)c(F)c(F)c1. The molecule has 9 heteroatoms. The Kier molecular flexibility index (Phi) is 7.87. The average molecular weight is 496 g/mol. The summed E-state index contributed by atoms with van der Waals surface area (Å²) in [5, 5.41) is 4.58. The van der Waals surface area contributed by atoms with Crippen molar-refractivity contribution in [2.75, 3.05) is 7.11 Å². The van der Waals surface area contributed by atoms with Gasteiger partial charge in [-0.1, -0.05) is 31.9 Å². The third-order valence-electron chi connectivity index (χ3n) is 5.76. The molecule has 0 atom stereocenters. The van der Waals surface area contributed by atoms with Gasteiger partial charge in [-0.3, -0.25) is 0 Å². The van der Waals surface area contributed by atoms with E-state index in [0.717, 1.165) is 48.3 Å². The first-order valence-corrected chi connectivity index (χ1v) is 11.8. The molecule has 0 N–H and O–H groups in total. The average Bonchev–Trinajstić information content (AvgIpc) is 3.46. The standard InChI is InChI=1S/C27H28F3N5O/c1-4-5-6-11-35-26(15-20-12-21(28)27(30)22(29)13-20)32-25(33-35)10-8-19-7-9-23(24(14-19)36-3)34-16-18(2)31-17-34/h7-10,12-14,16-17H,4-6,11,15H2,1-3H3/b10-8+. The van der Waals surface area contributed by atoms with Crippen LogP contribution >= 0.6 is 0 Å². The van der Waals surface area contributed by atoms with E-state index in [9.17, 15) is 13.2 Å². The zero-order valence-corrected chi connectivity index (χ0v) is 20.5. The van der Waals surface area contributed by atoms with E-state index in [2.05, 4.69) is 22.0 Å². The number of imidazole rings is 1. The molecule has 4 aromatic rings. The first-order chi connectivity index (χ1) is 17.4. The van der Waals surface area contributed by atoms with Gasteiger partial charge in [-0.25, -0.2) is 27.8 Å². The van der Waals surface area contributed by atoms with Crippen LogP contribution < -0.4 is 4.74 Å². The summed E-state index contributed by atoms with van der Waals surface area (Å²) >= 11 is 0. The number of hydrogen-bond acceptors (Lipinski definition) is 4. The van der Waals surface area contributed by atoms with Crippen molar-refractivity contribution in [2.24, 2.45) is 0 Å². The van der Waals surface area contributed by atoms with E-state index in [1.165, 1.54) is 0 Å². The van der Waals surface area contributed by atoms with E-state index in [-0.39, 0.29) is 6.42 Å². The summed E-state index contributed by atoms with van der Waals surface area (Å²) in [6, 6.07) is 7.79. The second-order valence-corrected chi connectivity index (χ2v) is 8.55. The third kappa shape index (κ3) is 5.84. The van der Waals surface area contributed by atoms with Gasteiger partial charge in [-0.2, -0.15) is 5.10 Å². The monoisotopic (exact) mass is 495 g/mol. The first-order valence-electron chi connectivity index (χ1n) is 11.8. The molecule has 0 bridgehead atoms. The van der Waals surface area contributed by atoms with E-state index in [1.54, 1.807) is 24.2 Å². The lowest BCUT2D eigenvalue weighted by molar-refractivity contribution is 0.413. The maximum atomic E-state index is 13.7. The lowest BCUT2D eigenvalue weighted by Gasteiger charge is -2.09. The van der Waals surface area contributed by atoms with Gasteiger partial charge in [0.1, 0.15) is 11.6 Å². The second-order valence-electron chi connectivity index (χ2n) is 8.55. The number of hydrogen-bond donors (Lipinski definition) is 0. The third-order valence-corrected chi connectivity index (χ3v) is 5.76. The highest BCUT2D eigenvalue weighted by Gasteiger charge is 2.15. The molecule has 0 radical (unpaired) electrons. The van der Waals surface area contributed by atoms with Crippen LogP contribution in [-0.4, -0.2) is 31.4 Å². The van der Waals surface area contributed by atoms with E-state index in [1.807, 2.05) is 42.0 Å². The normalized spacial score (nSPS) is 11.5. The lowest BCUT2D eigenvalue weighted by atomic mass is 10.1. The van der Waals surface area contributed by atoms with Crippen molar-refractivity contribution in [1.82, 2.24) is 24.3 Å². The molecule has 0 fully saturated rings. The molecule has 0 saturated carbocycles. The van der Waals surface area contributed by atoms with Crippen LogP contribution in [0.25, 0.3) is 17.8 Å². The van der Waals surface area contributed by atoms with Gasteiger partial charge in [0.25, 0.3) is 0 Å². The molecule has 4 rings (SSSR count). The fourth-order valence-electron chi connectivity index (χ4n) is 3.91. The summed E-state index contributed by atoms with van der Waals surface area (Å²) < 4.78 is 50.0. The van der Waals surface area contributed by atoms with Crippen molar-refractivity contribution in [3.63, 3.8) is 0 Å². The number of unbranched alkanes of at least 4 members (excludes halogenated alkanes) is 2. The van der Waals surface area contributed by atoms with Gasteiger partial charge in [0.15, 0.2) is 23.3 Å². The van der Waals surface area contributed by atoms with Gasteiger partial charge in [0.05, 0.1) is 24.8 Å². The van der Waals surface area contributed by atoms with Gasteiger partial charge in [-0.05, 0) is 54.8 Å². The molecule has 6 nitrogen and oxygen atoms in total. The molecule has 0 unspecified atom stereocenters. The van der Waals surface area contributed by atoms with Gasteiger partial charge in [-0.15, -0.1) is 0 Å². The molecular weight excluding hydrogens is 467 g/mol. The van der Waals surface area contributed by atoms with Crippen molar-refractivity contribution in [2.45, 2.75) is 46.1 Å². The summed E-state index contributed by atoms with van der Waals surface area (Å²) in [7, 11) is 1.61. The largest absolute Gasteiger partial charge is 0.495 e. The lowest BCUT2D eigenvalue weighted by Crippen LogP contribution is -2.07. The Morgan fingerprint density at radius 1 is 1.03 bits per heavy atom. The molecule has 0 aliphatic heterocycles. The minimum absolute atomic E-state index is 0.133. The number of halogens is 3. The van der Waals surface area contributed by atoms with Gasteiger partial charge < -0.3 is 9.30 Å². The topological polar surface area (TPSA) is 57.8 Å². The maximum absolute atomic E-state index is 13.7. The van der Waals surface area contributed by atoms with Gasteiger partial charge >= 0.3 is 0 Å². The number of ether oxygens (including phenoxy) is 1. The van der Waals surface area contributed by atoms with E-state index >= 15 is 0 Å². The Morgan fingerprint density at radius 2 is 1.81 bits per heavy atom. The number of aryl methyl sites for hydroxylation is 2. The van der Waals surface area contributed by atoms with Crippen molar-refractivity contribution < 1.29 is 17.9 Å². The van der Waals surface area contributed by atoms with Crippen LogP contribution in [0.3, 0.4) is 0 Å². The number of benzene rings is 2. The van der Waals surface area contributed by atoms with E-state index in [0.29, 0.717) is 29.5 Å². The molecule has 188 valence electrons. The Hall–Kier alpha value is -3.88. The zero-order valence-electron chi connectivity index (χ0n) is 20.5. The Morgan fingerprint density at radius 3 is 2.47 bits per heavy atom. The molecule has 0 amide bonds. The predicted octanol–water partition coefficient (Wildman–Crippen LogP) is 6.15. The fraction of sp³-hybridized carbons (Fsp3) is 0.296. The minimum Gasteiger partial charge on any atom is -0.495 e. The van der Waals surface area contributed by atoms with E-state index < -0.39 is 17.5 Å². The summed E-state index contributed by atoms with van der Waals surface area (Å²) in [5.41, 5.74) is 2.96. The molecule has 0 saturated heterocycles. The smallest absolute Gasteiger partial charge is 0.194 e. The van der Waals surface area contributed by atoms with Crippen LogP contribution in [0.5, 0.6) is 5.75 Å². The molecule has 0 aliphatic rings. The molecule has 2 aromatic heterocycles. The fourth-order valence-corrected chi connectivity index (χ4v) is 3.91. The molecule has 36 heavy (non-hydrogen) atoms. The van der Waals surface area contributed by atoms with Crippen molar-refractivity contribution in [3.05, 3.63) is 88.8 Å². The Balaban J connectivity index is 1.59. The molecule has 0 spiro atoms. The minimum atomic E-state index is -1.48. The number of methoxy groups -OCH3 is 1. The van der Waals surface area contributed by atoms with Gasteiger partial charge in [0.2, 0.25) is 0 Å². The van der Waals surface area contributed by atoms with Crippen molar-refractivity contribution >= 4 is 12.2 Å². The molecule has 0 aliphatic carbocycles. The highest BCUT2D eigenvalue weighted by atomic mass is 19.2. The summed E-state index contributed by atoms with van der Waals surface area (Å²) in [6.45, 7) is 4.66. The summed E-state index contributed by atoms with van der Waals surface area (Å²) in [6.07, 6.45) is 10.4. The molecule has 2 aromatic carbocycles. The van der Waals surface area contributed by atoms with Crippen LogP contribution in [0.15, 0.2) is 42.9 Å². The van der Waals surface area contributed by atoms with Crippen LogP contribution in [-0.2, 0) is 13.0 Å².